The van der Waals surface area contributed by atoms with E-state index in [1.807, 2.05) is 6.92 Å². The lowest BCUT2D eigenvalue weighted by Crippen LogP contribution is -2.49. The van der Waals surface area contributed by atoms with Crippen molar-refractivity contribution in [2.75, 3.05) is 0 Å². The van der Waals surface area contributed by atoms with Crippen molar-refractivity contribution < 1.29 is 19.4 Å². The van der Waals surface area contributed by atoms with Gasteiger partial charge in [0.1, 0.15) is 11.6 Å². The second-order valence-electron chi connectivity index (χ2n) is 6.93. The van der Waals surface area contributed by atoms with Crippen molar-refractivity contribution >= 4 is 12.1 Å². The first-order valence-electron chi connectivity index (χ1n) is 7.97. The summed E-state index contributed by atoms with van der Waals surface area (Å²) in [5.74, 6) is -0.631. The molecule has 122 valence electrons. The Morgan fingerprint density at radius 3 is 2.24 bits per heavy atom. The molecule has 1 amide bonds. The van der Waals surface area contributed by atoms with Crippen LogP contribution in [-0.4, -0.2) is 28.8 Å². The standard InChI is InChI=1S/C16H29NO4/c1-5-12(11-9-7-6-8-10-11)13(14(18)19)17-15(20)21-16(2,3)4/h11-13H,5-10H2,1-4H3,(H,17,20)(H,18,19)/t12-,13-/m0/s1. The van der Waals surface area contributed by atoms with Crippen LogP contribution < -0.4 is 5.32 Å². The summed E-state index contributed by atoms with van der Waals surface area (Å²) in [5, 5.41) is 12.0. The Labute approximate surface area is 127 Å². The summed E-state index contributed by atoms with van der Waals surface area (Å²) in [6.07, 6.45) is 5.74. The van der Waals surface area contributed by atoms with Crippen LogP contribution in [0.3, 0.4) is 0 Å². The molecule has 0 spiro atoms. The minimum absolute atomic E-state index is 0.0321. The highest BCUT2D eigenvalue weighted by molar-refractivity contribution is 5.80. The summed E-state index contributed by atoms with van der Waals surface area (Å²) in [4.78, 5) is 23.5. The van der Waals surface area contributed by atoms with E-state index in [9.17, 15) is 14.7 Å². The molecule has 0 heterocycles. The molecule has 1 rings (SSSR count). The number of carboxylic acids is 1. The first-order chi connectivity index (χ1) is 9.74. The lowest BCUT2D eigenvalue weighted by atomic mass is 9.75. The van der Waals surface area contributed by atoms with Crippen LogP contribution in [0.15, 0.2) is 0 Å². The van der Waals surface area contributed by atoms with Crippen LogP contribution in [0.25, 0.3) is 0 Å². The molecule has 2 atom stereocenters. The van der Waals surface area contributed by atoms with E-state index in [2.05, 4.69) is 5.32 Å². The van der Waals surface area contributed by atoms with Crippen molar-refractivity contribution in [1.29, 1.82) is 0 Å². The van der Waals surface area contributed by atoms with Crippen LogP contribution in [0.2, 0.25) is 0 Å². The van der Waals surface area contributed by atoms with Gasteiger partial charge in [0.05, 0.1) is 0 Å². The van der Waals surface area contributed by atoms with Crippen LogP contribution in [-0.2, 0) is 9.53 Å². The van der Waals surface area contributed by atoms with E-state index in [1.165, 1.54) is 6.42 Å². The molecule has 0 saturated heterocycles. The Morgan fingerprint density at radius 1 is 1.24 bits per heavy atom. The first-order valence-corrected chi connectivity index (χ1v) is 7.97. The number of carbonyl (C=O) groups excluding carboxylic acids is 1. The summed E-state index contributed by atoms with van der Waals surface area (Å²) in [5.41, 5.74) is -0.625. The Morgan fingerprint density at radius 2 is 1.81 bits per heavy atom. The van der Waals surface area contributed by atoms with E-state index >= 15 is 0 Å². The van der Waals surface area contributed by atoms with Gasteiger partial charge in [-0.05, 0) is 32.6 Å². The number of carbonyl (C=O) groups is 2. The first kappa shape index (κ1) is 17.8. The summed E-state index contributed by atoms with van der Waals surface area (Å²) in [7, 11) is 0. The van der Waals surface area contributed by atoms with Crippen molar-refractivity contribution in [2.24, 2.45) is 11.8 Å². The number of ether oxygens (including phenoxy) is 1. The van der Waals surface area contributed by atoms with Gasteiger partial charge in [-0.2, -0.15) is 0 Å². The topological polar surface area (TPSA) is 75.6 Å². The molecule has 1 saturated carbocycles. The van der Waals surface area contributed by atoms with E-state index in [4.69, 9.17) is 4.74 Å². The number of nitrogens with one attached hydrogen (secondary N) is 1. The molecular formula is C16H29NO4. The molecule has 0 bridgehead atoms. The monoisotopic (exact) mass is 299 g/mol. The van der Waals surface area contributed by atoms with E-state index in [0.29, 0.717) is 5.92 Å². The fraction of sp³-hybridized carbons (Fsp3) is 0.875. The van der Waals surface area contributed by atoms with E-state index in [-0.39, 0.29) is 5.92 Å². The predicted molar refractivity (Wildman–Crippen MR) is 81.1 cm³/mol. The third-order valence-corrected chi connectivity index (χ3v) is 4.09. The third-order valence-electron chi connectivity index (χ3n) is 4.09. The van der Waals surface area contributed by atoms with Crippen molar-refractivity contribution in [3.63, 3.8) is 0 Å². The molecule has 21 heavy (non-hydrogen) atoms. The van der Waals surface area contributed by atoms with Gasteiger partial charge in [0, 0.05) is 0 Å². The molecule has 2 N–H and O–H groups in total. The van der Waals surface area contributed by atoms with Gasteiger partial charge in [0.25, 0.3) is 0 Å². The van der Waals surface area contributed by atoms with Gasteiger partial charge in [-0.25, -0.2) is 9.59 Å². The van der Waals surface area contributed by atoms with Crippen molar-refractivity contribution in [2.45, 2.75) is 77.9 Å². The molecular weight excluding hydrogens is 270 g/mol. The van der Waals surface area contributed by atoms with Gasteiger partial charge < -0.3 is 15.2 Å². The minimum Gasteiger partial charge on any atom is -0.480 e. The highest BCUT2D eigenvalue weighted by Gasteiger charge is 2.35. The van der Waals surface area contributed by atoms with Crippen molar-refractivity contribution in [3.05, 3.63) is 0 Å². The van der Waals surface area contributed by atoms with Gasteiger partial charge >= 0.3 is 12.1 Å². The van der Waals surface area contributed by atoms with Crippen LogP contribution >= 0.6 is 0 Å². The summed E-state index contributed by atoms with van der Waals surface area (Å²) >= 11 is 0. The molecule has 0 unspecified atom stereocenters. The van der Waals surface area contributed by atoms with Gasteiger partial charge in [-0.3, -0.25) is 0 Å². The lowest BCUT2D eigenvalue weighted by molar-refractivity contribution is -0.141. The van der Waals surface area contributed by atoms with Gasteiger partial charge in [0.2, 0.25) is 0 Å². The number of hydrogen-bond donors (Lipinski definition) is 2. The number of hydrogen-bond acceptors (Lipinski definition) is 3. The maximum atomic E-state index is 11.9. The average Bonchev–Trinajstić information content (AvgIpc) is 2.37. The van der Waals surface area contributed by atoms with E-state index in [0.717, 1.165) is 32.1 Å². The summed E-state index contributed by atoms with van der Waals surface area (Å²) in [6.45, 7) is 7.29. The molecule has 0 aromatic heterocycles. The minimum atomic E-state index is -0.974. The smallest absolute Gasteiger partial charge is 0.408 e. The second kappa shape index (κ2) is 7.66. The fourth-order valence-electron chi connectivity index (χ4n) is 3.19. The molecule has 5 nitrogen and oxygen atoms in total. The number of aliphatic carboxylic acids is 1. The highest BCUT2D eigenvalue weighted by atomic mass is 16.6. The highest BCUT2D eigenvalue weighted by Crippen LogP contribution is 2.33. The zero-order valence-electron chi connectivity index (χ0n) is 13.6. The fourth-order valence-corrected chi connectivity index (χ4v) is 3.19. The maximum absolute atomic E-state index is 11.9. The number of carboxylic acid groups (broad SMARTS) is 1. The zero-order chi connectivity index (χ0) is 16.0. The summed E-state index contributed by atoms with van der Waals surface area (Å²) in [6, 6.07) is -0.868. The molecule has 0 radical (unpaired) electrons. The molecule has 0 aliphatic heterocycles. The van der Waals surface area contributed by atoms with Crippen LogP contribution in [0.5, 0.6) is 0 Å². The second-order valence-corrected chi connectivity index (χ2v) is 6.93. The SMILES string of the molecule is CC[C@@H](C1CCCCC1)[C@H](NC(=O)OC(C)(C)C)C(=O)O. The molecule has 1 aliphatic rings. The van der Waals surface area contributed by atoms with Crippen LogP contribution in [0, 0.1) is 11.8 Å². The van der Waals surface area contributed by atoms with Gasteiger partial charge in [-0.15, -0.1) is 0 Å². The number of rotatable bonds is 5. The van der Waals surface area contributed by atoms with Crippen LogP contribution in [0.4, 0.5) is 4.79 Å². The van der Waals surface area contributed by atoms with E-state index in [1.54, 1.807) is 20.8 Å². The van der Waals surface area contributed by atoms with Crippen molar-refractivity contribution in [3.8, 4) is 0 Å². The van der Waals surface area contributed by atoms with E-state index < -0.39 is 23.7 Å². The third kappa shape index (κ3) is 5.94. The lowest BCUT2D eigenvalue weighted by Gasteiger charge is -2.34. The largest absolute Gasteiger partial charge is 0.480 e. The Kier molecular flexibility index (Phi) is 6.49. The van der Waals surface area contributed by atoms with Crippen LogP contribution in [0.1, 0.15) is 66.2 Å². The number of amides is 1. The predicted octanol–water partition coefficient (Wildman–Crippen LogP) is 3.57. The number of alkyl carbamates (subject to hydrolysis) is 1. The quantitative estimate of drug-likeness (QED) is 0.813. The Bertz CT molecular complexity index is 356. The normalized spacial score (nSPS) is 19.6. The van der Waals surface area contributed by atoms with Crippen molar-refractivity contribution in [1.82, 2.24) is 5.32 Å². The molecule has 0 aromatic carbocycles. The Hall–Kier alpha value is -1.26. The molecule has 5 heteroatoms. The zero-order valence-corrected chi connectivity index (χ0v) is 13.6. The molecule has 0 aromatic rings. The Balaban J connectivity index is 2.73. The maximum Gasteiger partial charge on any atom is 0.408 e. The van der Waals surface area contributed by atoms with Gasteiger partial charge in [-0.1, -0.05) is 45.4 Å². The summed E-state index contributed by atoms with van der Waals surface area (Å²) < 4.78 is 5.19. The molecule has 1 aliphatic carbocycles. The molecule has 1 fully saturated rings. The average molecular weight is 299 g/mol. The van der Waals surface area contributed by atoms with Gasteiger partial charge in [0.15, 0.2) is 0 Å².